The Balaban J connectivity index is 2.13. The molecule has 2 aromatic carbocycles. The maximum atomic E-state index is 13.3. The maximum Gasteiger partial charge on any atom is 0.334 e. The predicted octanol–water partition coefficient (Wildman–Crippen LogP) is 4.01. The lowest BCUT2D eigenvalue weighted by molar-refractivity contribution is -0.138. The van der Waals surface area contributed by atoms with Crippen LogP contribution in [0.15, 0.2) is 52.9 Å². The molecule has 0 amide bonds. The van der Waals surface area contributed by atoms with Crippen molar-refractivity contribution in [3.05, 3.63) is 59.4 Å². The molecule has 3 rings (SSSR count). The van der Waals surface area contributed by atoms with Gasteiger partial charge in [-0.05, 0) is 53.5 Å². The molecule has 2 aromatic rings. The lowest BCUT2D eigenvalue weighted by Gasteiger charge is -2.10. The minimum atomic E-state index is -3.40. The Morgan fingerprint density at radius 1 is 1.19 bits per heavy atom. The fourth-order valence-corrected chi connectivity index (χ4v) is 3.55. The number of halogens is 1. The van der Waals surface area contributed by atoms with E-state index in [1.54, 1.807) is 30.3 Å². The van der Waals surface area contributed by atoms with Gasteiger partial charge in [0.15, 0.2) is 9.84 Å². The highest BCUT2D eigenvalue weighted by atomic mass is 32.2. The molecule has 1 fully saturated rings. The van der Waals surface area contributed by atoms with Gasteiger partial charge in [0.1, 0.15) is 11.9 Å². The van der Waals surface area contributed by atoms with Crippen LogP contribution in [0.25, 0.3) is 17.2 Å². The first kappa shape index (κ1) is 18.3. The Morgan fingerprint density at radius 3 is 2.46 bits per heavy atom. The third-order valence-corrected chi connectivity index (χ3v) is 5.49. The Hall–Kier alpha value is -2.47. The van der Waals surface area contributed by atoms with Crippen LogP contribution in [0.2, 0.25) is 0 Å². The average Bonchev–Trinajstić information content (AvgIpc) is 2.95. The molecule has 0 saturated carbocycles. The Labute approximate surface area is 152 Å². The number of sulfone groups is 1. The number of hydrogen-bond acceptors (Lipinski definition) is 4. The molecule has 0 radical (unpaired) electrons. The summed E-state index contributed by atoms with van der Waals surface area (Å²) in [5, 5.41) is 0. The smallest absolute Gasteiger partial charge is 0.334 e. The highest BCUT2D eigenvalue weighted by molar-refractivity contribution is 7.90. The fourth-order valence-electron chi connectivity index (χ4n) is 2.90. The van der Waals surface area contributed by atoms with Gasteiger partial charge in [-0.3, -0.25) is 0 Å². The number of carbonyl (C=O) groups is 1. The summed E-state index contributed by atoms with van der Waals surface area (Å²) >= 11 is 0. The molecule has 0 bridgehead atoms. The Kier molecular flexibility index (Phi) is 4.96. The van der Waals surface area contributed by atoms with Gasteiger partial charge in [-0.2, -0.15) is 0 Å². The highest BCUT2D eigenvalue weighted by Gasteiger charge is 2.27. The van der Waals surface area contributed by atoms with Crippen molar-refractivity contribution in [2.24, 2.45) is 0 Å². The molecular formula is C20H19FO4S. The molecule has 26 heavy (non-hydrogen) atoms. The maximum absolute atomic E-state index is 13.3. The lowest BCUT2D eigenvalue weighted by atomic mass is 9.97. The SMILES string of the molecule is CCC1C/C(=C/c2ccc(S(C)(=O)=O)cc2-c2ccc(F)cc2)C(=O)O1. The topological polar surface area (TPSA) is 60.4 Å². The van der Waals surface area contributed by atoms with Crippen molar-refractivity contribution in [2.75, 3.05) is 6.26 Å². The summed E-state index contributed by atoms with van der Waals surface area (Å²) in [4.78, 5) is 12.2. The molecule has 0 aliphatic carbocycles. The van der Waals surface area contributed by atoms with Crippen LogP contribution in [-0.2, 0) is 19.4 Å². The molecule has 0 spiro atoms. The van der Waals surface area contributed by atoms with Gasteiger partial charge < -0.3 is 4.74 Å². The first-order valence-electron chi connectivity index (χ1n) is 8.29. The van der Waals surface area contributed by atoms with Crippen molar-refractivity contribution in [1.29, 1.82) is 0 Å². The Morgan fingerprint density at radius 2 is 1.88 bits per heavy atom. The summed E-state index contributed by atoms with van der Waals surface area (Å²) in [6.07, 6.45) is 3.99. The highest BCUT2D eigenvalue weighted by Crippen LogP contribution is 2.31. The van der Waals surface area contributed by atoms with Crippen LogP contribution < -0.4 is 0 Å². The molecule has 1 aliphatic rings. The van der Waals surface area contributed by atoms with Crippen LogP contribution in [-0.4, -0.2) is 26.7 Å². The quantitative estimate of drug-likeness (QED) is 0.599. The van der Waals surface area contributed by atoms with Crippen molar-refractivity contribution in [3.63, 3.8) is 0 Å². The number of carbonyl (C=O) groups excluding carboxylic acids is 1. The van der Waals surface area contributed by atoms with E-state index >= 15 is 0 Å². The summed E-state index contributed by atoms with van der Waals surface area (Å²) in [6, 6.07) is 10.5. The van der Waals surface area contributed by atoms with E-state index in [1.807, 2.05) is 6.92 Å². The van der Waals surface area contributed by atoms with Crippen LogP contribution >= 0.6 is 0 Å². The summed E-state index contributed by atoms with van der Waals surface area (Å²) < 4.78 is 42.4. The van der Waals surface area contributed by atoms with Gasteiger partial charge in [-0.25, -0.2) is 17.6 Å². The van der Waals surface area contributed by atoms with Crippen LogP contribution in [0.3, 0.4) is 0 Å². The molecule has 1 saturated heterocycles. The molecule has 1 unspecified atom stereocenters. The van der Waals surface area contributed by atoms with Gasteiger partial charge >= 0.3 is 5.97 Å². The third-order valence-electron chi connectivity index (χ3n) is 4.38. The van der Waals surface area contributed by atoms with Crippen LogP contribution in [0.5, 0.6) is 0 Å². The van der Waals surface area contributed by atoms with Gasteiger partial charge in [0.25, 0.3) is 0 Å². The van der Waals surface area contributed by atoms with Crippen molar-refractivity contribution < 1.29 is 22.3 Å². The van der Waals surface area contributed by atoms with Gasteiger partial charge in [-0.15, -0.1) is 0 Å². The number of rotatable bonds is 4. The molecule has 6 heteroatoms. The monoisotopic (exact) mass is 374 g/mol. The van der Waals surface area contributed by atoms with Gasteiger partial charge in [0.05, 0.1) is 4.90 Å². The number of hydrogen-bond donors (Lipinski definition) is 0. The molecule has 0 N–H and O–H groups in total. The van der Waals surface area contributed by atoms with E-state index in [9.17, 15) is 17.6 Å². The number of ether oxygens (including phenoxy) is 1. The normalized spacial score (nSPS) is 19.0. The van der Waals surface area contributed by atoms with Crippen LogP contribution in [0.4, 0.5) is 4.39 Å². The van der Waals surface area contributed by atoms with Crippen molar-refractivity contribution >= 4 is 21.9 Å². The summed E-state index contributed by atoms with van der Waals surface area (Å²) in [7, 11) is -3.40. The van der Waals surface area contributed by atoms with E-state index in [4.69, 9.17) is 4.74 Å². The van der Waals surface area contributed by atoms with E-state index in [2.05, 4.69) is 0 Å². The third kappa shape index (κ3) is 3.85. The van der Waals surface area contributed by atoms with E-state index in [0.717, 1.165) is 12.7 Å². The largest absolute Gasteiger partial charge is 0.459 e. The predicted molar refractivity (Wildman–Crippen MR) is 97.7 cm³/mol. The molecular weight excluding hydrogens is 355 g/mol. The fraction of sp³-hybridized carbons (Fsp3) is 0.250. The minimum absolute atomic E-state index is 0.127. The second kappa shape index (κ2) is 7.03. The second-order valence-corrected chi connectivity index (χ2v) is 8.35. The average molecular weight is 374 g/mol. The van der Waals surface area contributed by atoms with E-state index in [0.29, 0.717) is 28.7 Å². The minimum Gasteiger partial charge on any atom is -0.459 e. The molecule has 1 aliphatic heterocycles. The molecule has 136 valence electrons. The van der Waals surface area contributed by atoms with Crippen LogP contribution in [0.1, 0.15) is 25.3 Å². The van der Waals surface area contributed by atoms with Gasteiger partial charge in [0, 0.05) is 18.2 Å². The summed E-state index contributed by atoms with van der Waals surface area (Å²) in [5.41, 5.74) is 2.52. The summed E-state index contributed by atoms with van der Waals surface area (Å²) in [5.74, 6) is -0.729. The zero-order chi connectivity index (χ0) is 18.9. The zero-order valence-electron chi connectivity index (χ0n) is 14.5. The summed E-state index contributed by atoms with van der Waals surface area (Å²) in [6.45, 7) is 1.95. The van der Waals surface area contributed by atoms with Gasteiger partial charge in [-0.1, -0.05) is 25.1 Å². The first-order chi connectivity index (χ1) is 12.3. The Bertz CT molecular complexity index is 975. The van der Waals surface area contributed by atoms with E-state index < -0.39 is 9.84 Å². The molecule has 1 heterocycles. The van der Waals surface area contributed by atoms with Gasteiger partial charge in [0.2, 0.25) is 0 Å². The van der Waals surface area contributed by atoms with E-state index in [-0.39, 0.29) is 22.8 Å². The van der Waals surface area contributed by atoms with Crippen LogP contribution in [0, 0.1) is 5.82 Å². The standard InChI is InChI=1S/C20H19FO4S/c1-3-17-11-15(20(22)25-17)10-14-6-9-18(26(2,23)24)12-19(14)13-4-7-16(21)8-5-13/h4-10,12,17H,3,11H2,1-2H3/b15-10-. The van der Waals surface area contributed by atoms with Crippen molar-refractivity contribution in [1.82, 2.24) is 0 Å². The molecule has 0 aromatic heterocycles. The lowest BCUT2D eigenvalue weighted by Crippen LogP contribution is -2.03. The second-order valence-electron chi connectivity index (χ2n) is 6.34. The molecule has 1 atom stereocenters. The number of esters is 1. The van der Waals surface area contributed by atoms with Crippen molar-refractivity contribution in [3.8, 4) is 11.1 Å². The number of cyclic esters (lactones) is 1. The van der Waals surface area contributed by atoms with Crippen molar-refractivity contribution in [2.45, 2.75) is 30.8 Å². The first-order valence-corrected chi connectivity index (χ1v) is 10.2. The molecule has 4 nitrogen and oxygen atoms in total. The number of benzene rings is 2. The van der Waals surface area contributed by atoms with E-state index in [1.165, 1.54) is 18.2 Å². The zero-order valence-corrected chi connectivity index (χ0v) is 15.3.